The number of hydrogen-bond acceptors (Lipinski definition) is 4. The number of aromatic nitrogens is 1. The van der Waals surface area contributed by atoms with Gasteiger partial charge in [-0.1, -0.05) is 5.16 Å². The molecule has 2 N–H and O–H groups in total. The molecule has 0 saturated carbocycles. The summed E-state index contributed by atoms with van der Waals surface area (Å²) in [6.07, 6.45) is 4.76. The lowest BCUT2D eigenvalue weighted by Gasteiger charge is -2.21. The van der Waals surface area contributed by atoms with E-state index in [1.165, 1.54) is 29.5 Å². The van der Waals surface area contributed by atoms with E-state index in [0.29, 0.717) is 11.6 Å². The van der Waals surface area contributed by atoms with Crippen molar-refractivity contribution in [2.24, 2.45) is 0 Å². The number of nitrogens with zero attached hydrogens (tertiary/aromatic N) is 1. The highest BCUT2D eigenvalue weighted by atomic mass is 16.5. The van der Waals surface area contributed by atoms with Gasteiger partial charge in [-0.2, -0.15) is 0 Å². The third-order valence-corrected chi connectivity index (χ3v) is 3.88. The van der Waals surface area contributed by atoms with Crippen LogP contribution in [0.2, 0.25) is 0 Å². The molecule has 0 aliphatic heterocycles. The van der Waals surface area contributed by atoms with Crippen molar-refractivity contribution in [2.45, 2.75) is 32.6 Å². The quantitative estimate of drug-likeness (QED) is 0.899. The number of nitrogen functional groups attached to an aromatic ring is 1. The number of nitrogens with two attached hydrogens (primary N) is 1. The Bertz CT molecular complexity index is 617. The lowest BCUT2D eigenvalue weighted by Crippen LogP contribution is -2.07. The summed E-state index contributed by atoms with van der Waals surface area (Å²) in [5, 5.41) is 3.77. The minimum absolute atomic E-state index is 0.397. The fraction of sp³-hybridized carbons (Fsp3) is 0.400. The van der Waals surface area contributed by atoms with Crippen LogP contribution in [-0.2, 0) is 12.8 Å². The first-order valence-electron chi connectivity index (χ1n) is 6.62. The monoisotopic (exact) mass is 258 g/mol. The van der Waals surface area contributed by atoms with Crippen molar-refractivity contribution in [2.75, 3.05) is 12.8 Å². The van der Waals surface area contributed by atoms with Gasteiger partial charge in [0.15, 0.2) is 11.6 Å². The average molecular weight is 258 g/mol. The third-order valence-electron chi connectivity index (χ3n) is 3.88. The van der Waals surface area contributed by atoms with Gasteiger partial charge < -0.3 is 15.0 Å². The zero-order valence-corrected chi connectivity index (χ0v) is 11.3. The summed E-state index contributed by atoms with van der Waals surface area (Å²) in [5.74, 6) is 1.92. The van der Waals surface area contributed by atoms with Crippen LogP contribution in [0, 0.1) is 6.92 Å². The first-order valence-corrected chi connectivity index (χ1v) is 6.62. The lowest BCUT2D eigenvalue weighted by molar-refractivity contribution is 0.405. The summed E-state index contributed by atoms with van der Waals surface area (Å²) >= 11 is 0. The highest BCUT2D eigenvalue weighted by molar-refractivity contribution is 5.74. The van der Waals surface area contributed by atoms with E-state index in [2.05, 4.69) is 18.1 Å². The van der Waals surface area contributed by atoms with Crippen molar-refractivity contribution < 1.29 is 9.26 Å². The van der Waals surface area contributed by atoms with Gasteiger partial charge in [-0.05, 0) is 55.4 Å². The molecular weight excluding hydrogens is 240 g/mol. The van der Waals surface area contributed by atoms with Gasteiger partial charge in [-0.3, -0.25) is 0 Å². The number of hydrogen-bond donors (Lipinski definition) is 1. The summed E-state index contributed by atoms with van der Waals surface area (Å²) in [7, 11) is 1.69. The smallest absolute Gasteiger partial charge is 0.173 e. The third kappa shape index (κ3) is 1.97. The maximum absolute atomic E-state index is 5.65. The van der Waals surface area contributed by atoms with Gasteiger partial charge in [-0.15, -0.1) is 0 Å². The standard InChI is InChI=1S/C15H18N2O2/c1-9-11-6-4-3-5-10(11)7-12(18-2)15(9)13-8-14(16)17-19-13/h7-8H,3-6H2,1-2H3,(H2,16,17). The number of methoxy groups -OCH3 is 1. The van der Waals surface area contributed by atoms with Crippen molar-refractivity contribution in [1.82, 2.24) is 5.16 Å². The highest BCUT2D eigenvalue weighted by Crippen LogP contribution is 2.39. The molecule has 1 aromatic heterocycles. The van der Waals surface area contributed by atoms with Crippen LogP contribution in [0.15, 0.2) is 16.7 Å². The van der Waals surface area contributed by atoms with Gasteiger partial charge in [0.05, 0.1) is 12.7 Å². The Kier molecular flexibility index (Phi) is 2.93. The van der Waals surface area contributed by atoms with Crippen LogP contribution >= 0.6 is 0 Å². The minimum Gasteiger partial charge on any atom is -0.496 e. The first-order chi connectivity index (χ1) is 9.20. The largest absolute Gasteiger partial charge is 0.496 e. The summed E-state index contributed by atoms with van der Waals surface area (Å²) in [4.78, 5) is 0. The van der Waals surface area contributed by atoms with Crippen LogP contribution in [-0.4, -0.2) is 12.3 Å². The van der Waals surface area contributed by atoms with Gasteiger partial charge in [0, 0.05) is 6.07 Å². The van der Waals surface area contributed by atoms with E-state index in [-0.39, 0.29) is 0 Å². The van der Waals surface area contributed by atoms with Gasteiger partial charge in [0.2, 0.25) is 0 Å². The molecule has 0 atom stereocenters. The number of ether oxygens (including phenoxy) is 1. The number of rotatable bonds is 2. The summed E-state index contributed by atoms with van der Waals surface area (Å²) in [5.41, 5.74) is 10.7. The Morgan fingerprint density at radius 2 is 2.05 bits per heavy atom. The van der Waals surface area contributed by atoms with Gasteiger partial charge >= 0.3 is 0 Å². The summed E-state index contributed by atoms with van der Waals surface area (Å²) in [6.45, 7) is 2.13. The molecule has 1 aromatic carbocycles. The SMILES string of the molecule is COc1cc2c(c(C)c1-c1cc(N)no1)CCCC2. The van der Waals surface area contributed by atoms with Crippen molar-refractivity contribution in [1.29, 1.82) is 0 Å². The van der Waals surface area contributed by atoms with Crippen molar-refractivity contribution in [3.8, 4) is 17.1 Å². The number of benzene rings is 1. The zero-order chi connectivity index (χ0) is 13.4. The maximum Gasteiger partial charge on any atom is 0.173 e. The number of aryl methyl sites for hydroxylation is 1. The molecule has 1 aliphatic rings. The van der Waals surface area contributed by atoms with Crippen molar-refractivity contribution in [3.63, 3.8) is 0 Å². The Labute approximate surface area is 112 Å². The first kappa shape index (κ1) is 12.1. The molecule has 0 radical (unpaired) electrons. The Hall–Kier alpha value is -1.97. The predicted molar refractivity (Wildman–Crippen MR) is 74.3 cm³/mol. The van der Waals surface area contributed by atoms with Crippen LogP contribution in [0.5, 0.6) is 5.75 Å². The van der Waals surface area contributed by atoms with E-state index in [1.54, 1.807) is 13.2 Å². The molecule has 1 aliphatic carbocycles. The Morgan fingerprint density at radius 1 is 1.26 bits per heavy atom. The average Bonchev–Trinajstić information content (AvgIpc) is 2.84. The zero-order valence-electron chi connectivity index (χ0n) is 11.3. The molecule has 4 nitrogen and oxygen atoms in total. The van der Waals surface area contributed by atoms with Crippen LogP contribution in [0.4, 0.5) is 5.82 Å². The van der Waals surface area contributed by atoms with Crippen LogP contribution in [0.25, 0.3) is 11.3 Å². The minimum atomic E-state index is 0.397. The van der Waals surface area contributed by atoms with Crippen LogP contribution in [0.1, 0.15) is 29.5 Å². The summed E-state index contributed by atoms with van der Waals surface area (Å²) < 4.78 is 10.8. The van der Waals surface area contributed by atoms with Crippen LogP contribution < -0.4 is 10.5 Å². The molecule has 0 unspecified atom stereocenters. The van der Waals surface area contributed by atoms with E-state index < -0.39 is 0 Å². The van der Waals surface area contributed by atoms with E-state index in [1.807, 2.05) is 0 Å². The van der Waals surface area contributed by atoms with Gasteiger partial charge in [0.1, 0.15) is 5.75 Å². The molecule has 0 bridgehead atoms. The molecular formula is C15H18N2O2. The molecule has 3 rings (SSSR count). The van der Waals surface area contributed by atoms with E-state index in [9.17, 15) is 0 Å². The number of anilines is 1. The van der Waals surface area contributed by atoms with Gasteiger partial charge in [0.25, 0.3) is 0 Å². The van der Waals surface area contributed by atoms with Gasteiger partial charge in [-0.25, -0.2) is 0 Å². The lowest BCUT2D eigenvalue weighted by atomic mass is 9.85. The molecule has 0 spiro atoms. The normalized spacial score (nSPS) is 14.2. The summed E-state index contributed by atoms with van der Waals surface area (Å²) in [6, 6.07) is 3.88. The molecule has 0 saturated heterocycles. The Morgan fingerprint density at radius 3 is 2.74 bits per heavy atom. The van der Waals surface area contributed by atoms with E-state index in [4.69, 9.17) is 15.0 Å². The fourth-order valence-electron chi connectivity index (χ4n) is 2.96. The second-order valence-corrected chi connectivity index (χ2v) is 5.04. The van der Waals surface area contributed by atoms with Crippen LogP contribution in [0.3, 0.4) is 0 Å². The molecule has 100 valence electrons. The van der Waals surface area contributed by atoms with Crippen molar-refractivity contribution >= 4 is 5.82 Å². The second-order valence-electron chi connectivity index (χ2n) is 5.04. The second kappa shape index (κ2) is 4.61. The van der Waals surface area contributed by atoms with Crippen molar-refractivity contribution in [3.05, 3.63) is 28.8 Å². The highest BCUT2D eigenvalue weighted by Gasteiger charge is 2.21. The van der Waals surface area contributed by atoms with E-state index in [0.717, 1.165) is 24.2 Å². The molecule has 4 heteroatoms. The molecule has 1 heterocycles. The maximum atomic E-state index is 5.65. The fourth-order valence-corrected chi connectivity index (χ4v) is 2.96. The molecule has 2 aromatic rings. The molecule has 0 fully saturated rings. The molecule has 19 heavy (non-hydrogen) atoms. The topological polar surface area (TPSA) is 61.3 Å². The number of fused-ring (bicyclic) bond motifs is 1. The molecule has 0 amide bonds. The predicted octanol–water partition coefficient (Wildman–Crippen LogP) is 3.12. The Balaban J connectivity index is 2.22. The van der Waals surface area contributed by atoms with E-state index >= 15 is 0 Å².